The predicted octanol–water partition coefficient (Wildman–Crippen LogP) is 1.54. The number of fused-ring (bicyclic) bond motifs is 1. The first kappa shape index (κ1) is 16.5. The summed E-state index contributed by atoms with van der Waals surface area (Å²) in [4.78, 5) is 17.3. The van der Waals surface area contributed by atoms with E-state index in [1.54, 1.807) is 0 Å². The maximum absolute atomic E-state index is 12.4. The molecule has 0 radical (unpaired) electrons. The molecule has 1 saturated heterocycles. The molecular formula is C19H29N3O. The number of hydrogen-bond donors (Lipinski definition) is 1. The van der Waals surface area contributed by atoms with Crippen molar-refractivity contribution in [2.24, 2.45) is 5.92 Å². The van der Waals surface area contributed by atoms with Gasteiger partial charge in [-0.15, -0.1) is 0 Å². The fourth-order valence-electron chi connectivity index (χ4n) is 3.74. The number of carbonyl (C=O) groups excluding carboxylic acids is 1. The second-order valence-corrected chi connectivity index (χ2v) is 7.14. The summed E-state index contributed by atoms with van der Waals surface area (Å²) in [5, 5.41) is 3.16. The SMILES string of the molecule is C[C@H](CCNC(=O)C1Cc2ccccc2C1)N1CCN(C)CC1. The Morgan fingerprint density at radius 2 is 1.78 bits per heavy atom. The van der Waals surface area contributed by atoms with E-state index in [-0.39, 0.29) is 11.8 Å². The molecule has 0 saturated carbocycles. The average Bonchev–Trinajstić information content (AvgIpc) is 2.99. The van der Waals surface area contributed by atoms with Gasteiger partial charge in [-0.25, -0.2) is 0 Å². The zero-order chi connectivity index (χ0) is 16.2. The van der Waals surface area contributed by atoms with Crippen LogP contribution < -0.4 is 5.32 Å². The maximum atomic E-state index is 12.4. The molecular weight excluding hydrogens is 286 g/mol. The molecule has 1 aromatic rings. The van der Waals surface area contributed by atoms with E-state index >= 15 is 0 Å². The highest BCUT2D eigenvalue weighted by Gasteiger charge is 2.27. The summed E-state index contributed by atoms with van der Waals surface area (Å²) in [6.07, 6.45) is 2.83. The van der Waals surface area contributed by atoms with Crippen molar-refractivity contribution >= 4 is 5.91 Å². The molecule has 2 aliphatic rings. The van der Waals surface area contributed by atoms with Crippen LogP contribution in [0.25, 0.3) is 0 Å². The van der Waals surface area contributed by atoms with Crippen LogP contribution in [0.3, 0.4) is 0 Å². The molecule has 126 valence electrons. The Labute approximate surface area is 139 Å². The summed E-state index contributed by atoms with van der Waals surface area (Å²) in [5.74, 6) is 0.359. The van der Waals surface area contributed by atoms with E-state index < -0.39 is 0 Å². The van der Waals surface area contributed by atoms with Crippen LogP contribution in [0.1, 0.15) is 24.5 Å². The normalized spacial score (nSPS) is 21.1. The van der Waals surface area contributed by atoms with Crippen molar-refractivity contribution in [1.29, 1.82) is 0 Å². The zero-order valence-electron chi connectivity index (χ0n) is 14.4. The van der Waals surface area contributed by atoms with Gasteiger partial charge < -0.3 is 10.2 Å². The molecule has 0 unspecified atom stereocenters. The Morgan fingerprint density at radius 3 is 2.39 bits per heavy atom. The molecule has 1 heterocycles. The van der Waals surface area contributed by atoms with Crippen LogP contribution in [0, 0.1) is 5.92 Å². The average molecular weight is 315 g/mol. The van der Waals surface area contributed by atoms with Gasteiger partial charge in [0.15, 0.2) is 0 Å². The van der Waals surface area contributed by atoms with E-state index in [0.29, 0.717) is 6.04 Å². The van der Waals surface area contributed by atoms with E-state index in [9.17, 15) is 4.79 Å². The molecule has 0 aromatic heterocycles. The van der Waals surface area contributed by atoms with Gasteiger partial charge >= 0.3 is 0 Å². The minimum atomic E-state index is 0.131. The lowest BCUT2D eigenvalue weighted by atomic mass is 10.1. The van der Waals surface area contributed by atoms with Crippen molar-refractivity contribution < 1.29 is 4.79 Å². The molecule has 3 rings (SSSR count). The Bertz CT molecular complexity index is 512. The number of piperazine rings is 1. The molecule has 0 spiro atoms. The lowest BCUT2D eigenvalue weighted by Crippen LogP contribution is -2.48. The van der Waals surface area contributed by atoms with Gasteiger partial charge in [-0.05, 0) is 44.4 Å². The van der Waals surface area contributed by atoms with Crippen LogP contribution in [0.15, 0.2) is 24.3 Å². The van der Waals surface area contributed by atoms with Gasteiger partial charge in [-0.1, -0.05) is 24.3 Å². The first-order valence-corrected chi connectivity index (χ1v) is 8.90. The molecule has 1 aliphatic heterocycles. The summed E-state index contributed by atoms with van der Waals surface area (Å²) < 4.78 is 0. The van der Waals surface area contributed by atoms with Crippen molar-refractivity contribution in [2.45, 2.75) is 32.2 Å². The molecule has 1 atom stereocenters. The number of carbonyl (C=O) groups is 1. The minimum Gasteiger partial charge on any atom is -0.356 e. The van der Waals surface area contributed by atoms with Gasteiger partial charge in [0.25, 0.3) is 0 Å². The van der Waals surface area contributed by atoms with Gasteiger partial charge in [0, 0.05) is 44.7 Å². The molecule has 1 amide bonds. The highest BCUT2D eigenvalue weighted by Crippen LogP contribution is 2.26. The summed E-state index contributed by atoms with van der Waals surface area (Å²) in [5.41, 5.74) is 2.69. The Kier molecular flexibility index (Phi) is 5.34. The highest BCUT2D eigenvalue weighted by atomic mass is 16.1. The van der Waals surface area contributed by atoms with Crippen LogP contribution in [-0.4, -0.2) is 61.5 Å². The largest absolute Gasteiger partial charge is 0.356 e. The fraction of sp³-hybridized carbons (Fsp3) is 0.632. The Morgan fingerprint density at radius 1 is 1.17 bits per heavy atom. The van der Waals surface area contributed by atoms with Crippen molar-refractivity contribution in [2.75, 3.05) is 39.8 Å². The van der Waals surface area contributed by atoms with E-state index in [1.165, 1.54) is 11.1 Å². The number of hydrogen-bond acceptors (Lipinski definition) is 3. The van der Waals surface area contributed by atoms with Crippen LogP contribution in [0.2, 0.25) is 0 Å². The second kappa shape index (κ2) is 7.45. The van der Waals surface area contributed by atoms with E-state index in [0.717, 1.165) is 52.0 Å². The topological polar surface area (TPSA) is 35.6 Å². The summed E-state index contributed by atoms with van der Waals surface area (Å²) >= 11 is 0. The lowest BCUT2D eigenvalue weighted by molar-refractivity contribution is -0.124. The van der Waals surface area contributed by atoms with Gasteiger partial charge in [-0.2, -0.15) is 0 Å². The van der Waals surface area contributed by atoms with Gasteiger partial charge in [0.1, 0.15) is 0 Å². The number of likely N-dealkylation sites (N-methyl/N-ethyl adjacent to an activating group) is 1. The summed E-state index contributed by atoms with van der Waals surface area (Å²) in [6.45, 7) is 7.66. The molecule has 1 aromatic carbocycles. The first-order chi connectivity index (χ1) is 11.1. The quantitative estimate of drug-likeness (QED) is 0.895. The van der Waals surface area contributed by atoms with E-state index in [1.807, 2.05) is 0 Å². The number of amides is 1. The number of benzene rings is 1. The maximum Gasteiger partial charge on any atom is 0.223 e. The van der Waals surface area contributed by atoms with Gasteiger partial charge in [0.2, 0.25) is 5.91 Å². The van der Waals surface area contributed by atoms with Crippen molar-refractivity contribution in [3.63, 3.8) is 0 Å². The predicted molar refractivity (Wildman–Crippen MR) is 93.5 cm³/mol. The molecule has 23 heavy (non-hydrogen) atoms. The van der Waals surface area contributed by atoms with Gasteiger partial charge in [-0.3, -0.25) is 9.69 Å². The second-order valence-electron chi connectivity index (χ2n) is 7.14. The van der Waals surface area contributed by atoms with Crippen LogP contribution in [-0.2, 0) is 17.6 Å². The van der Waals surface area contributed by atoms with E-state index in [4.69, 9.17) is 0 Å². The standard InChI is InChI=1S/C19H29N3O/c1-15(22-11-9-21(2)10-12-22)7-8-20-19(23)18-13-16-5-3-4-6-17(16)14-18/h3-6,15,18H,7-14H2,1-2H3,(H,20,23)/t15-/m1/s1. The monoisotopic (exact) mass is 315 g/mol. The molecule has 4 heteroatoms. The van der Waals surface area contributed by atoms with Gasteiger partial charge in [0.05, 0.1) is 0 Å². The molecule has 1 aliphatic carbocycles. The van der Waals surface area contributed by atoms with Crippen molar-refractivity contribution in [3.8, 4) is 0 Å². The number of nitrogens with zero attached hydrogens (tertiary/aromatic N) is 2. The molecule has 1 N–H and O–H groups in total. The smallest absolute Gasteiger partial charge is 0.223 e. The Hall–Kier alpha value is -1.39. The van der Waals surface area contributed by atoms with Crippen LogP contribution in [0.5, 0.6) is 0 Å². The third-order valence-corrected chi connectivity index (χ3v) is 5.44. The number of rotatable bonds is 5. The summed E-state index contributed by atoms with van der Waals surface area (Å²) in [6, 6.07) is 8.98. The zero-order valence-corrected chi connectivity index (χ0v) is 14.4. The highest BCUT2D eigenvalue weighted by molar-refractivity contribution is 5.80. The number of nitrogens with one attached hydrogen (secondary N) is 1. The summed E-state index contributed by atoms with van der Waals surface area (Å²) in [7, 11) is 2.18. The van der Waals surface area contributed by atoms with Crippen LogP contribution in [0.4, 0.5) is 0 Å². The van der Waals surface area contributed by atoms with Crippen molar-refractivity contribution in [1.82, 2.24) is 15.1 Å². The first-order valence-electron chi connectivity index (χ1n) is 8.90. The van der Waals surface area contributed by atoms with Crippen LogP contribution >= 0.6 is 0 Å². The third kappa shape index (κ3) is 4.12. The minimum absolute atomic E-state index is 0.131. The Balaban J connectivity index is 1.38. The molecule has 1 fully saturated rings. The molecule has 4 nitrogen and oxygen atoms in total. The van der Waals surface area contributed by atoms with Crippen molar-refractivity contribution in [3.05, 3.63) is 35.4 Å². The van der Waals surface area contributed by atoms with E-state index in [2.05, 4.69) is 53.4 Å². The lowest BCUT2D eigenvalue weighted by Gasteiger charge is -2.36. The third-order valence-electron chi connectivity index (χ3n) is 5.44. The molecule has 0 bridgehead atoms. The fourth-order valence-corrected chi connectivity index (χ4v) is 3.74.